The van der Waals surface area contributed by atoms with Gasteiger partial charge in [0.1, 0.15) is 0 Å². The van der Waals surface area contributed by atoms with E-state index in [1.165, 1.54) is 23.1 Å². The average Bonchev–Trinajstić information content (AvgIpc) is 3.20. The number of nitrogens with zero attached hydrogens (tertiary/aromatic N) is 2. The normalized spacial score (nSPS) is 10.6. The number of aliphatic imine (C=N–C) groups is 1. The second-order valence-electron chi connectivity index (χ2n) is 7.71. The molecule has 0 saturated carbocycles. The van der Waals surface area contributed by atoms with Crippen molar-refractivity contribution in [2.75, 3.05) is 6.26 Å². The van der Waals surface area contributed by atoms with Crippen molar-refractivity contribution in [1.29, 1.82) is 0 Å². The van der Waals surface area contributed by atoms with Crippen LogP contribution in [0.2, 0.25) is 0 Å². The molecule has 3 aromatic carbocycles. The summed E-state index contributed by atoms with van der Waals surface area (Å²) in [6.07, 6.45) is 5.59. The molecular weight excluding hydrogens is 451 g/mol. The number of aryl methyl sites for hydroxylation is 3. The van der Waals surface area contributed by atoms with Gasteiger partial charge in [0.15, 0.2) is 0 Å². The summed E-state index contributed by atoms with van der Waals surface area (Å²) in [4.78, 5) is 4.75. The molecule has 1 heterocycles. The summed E-state index contributed by atoms with van der Waals surface area (Å²) >= 11 is 0.250. The van der Waals surface area contributed by atoms with Crippen LogP contribution in [0.3, 0.4) is 0 Å². The predicted molar refractivity (Wildman–Crippen MR) is 154 cm³/mol. The molecule has 0 unspecified atom stereocenters. The third-order valence-corrected chi connectivity index (χ3v) is 4.91. The second kappa shape index (κ2) is 18.0. The molecule has 2 nitrogen and oxygen atoms in total. The minimum Gasteiger partial charge on any atom is -0.354 e. The van der Waals surface area contributed by atoms with Gasteiger partial charge < -0.3 is 4.57 Å². The van der Waals surface area contributed by atoms with E-state index in [1.807, 2.05) is 91.9 Å². The largest absolute Gasteiger partial charge is 0.354 e. The molecule has 4 heteroatoms. The van der Waals surface area contributed by atoms with Gasteiger partial charge in [0.25, 0.3) is 0 Å². The zero-order valence-corrected chi connectivity index (χ0v) is 22.5. The van der Waals surface area contributed by atoms with E-state index in [-0.39, 0.29) is 12.1 Å². The Kier molecular flexibility index (Phi) is 15.3. The molecule has 0 aliphatic rings. The van der Waals surface area contributed by atoms with Crippen molar-refractivity contribution in [3.05, 3.63) is 138 Å². The van der Waals surface area contributed by atoms with E-state index in [1.54, 1.807) is 0 Å². The Morgan fingerprint density at radius 3 is 1.60 bits per heavy atom. The average molecular weight is 489 g/mol. The molecule has 4 aromatic rings. The highest BCUT2D eigenvalue weighted by molar-refractivity contribution is 7.93. The molecule has 35 heavy (non-hydrogen) atoms. The van der Waals surface area contributed by atoms with Gasteiger partial charge in [-0.05, 0) is 57.0 Å². The van der Waals surface area contributed by atoms with E-state index >= 15 is 0 Å². The third kappa shape index (κ3) is 12.6. The maximum absolute atomic E-state index is 10.2. The maximum Gasteiger partial charge on any atom is 0.0735 e. The van der Waals surface area contributed by atoms with E-state index in [9.17, 15) is 3.89 Å². The van der Waals surface area contributed by atoms with Crippen molar-refractivity contribution in [2.45, 2.75) is 27.7 Å². The number of halogens is 1. The molecule has 0 amide bonds. The lowest BCUT2D eigenvalue weighted by Crippen LogP contribution is -2.01. The quantitative estimate of drug-likeness (QED) is 0.263. The molecule has 0 bridgehead atoms. The molecule has 0 atom stereocenters. The van der Waals surface area contributed by atoms with Crippen molar-refractivity contribution in [3.63, 3.8) is 0 Å². The Morgan fingerprint density at radius 2 is 1.26 bits per heavy atom. The van der Waals surface area contributed by atoms with Gasteiger partial charge in [-0.1, -0.05) is 91.0 Å². The van der Waals surface area contributed by atoms with E-state index < -0.39 is 0 Å². The maximum atomic E-state index is 10.2. The first-order chi connectivity index (χ1) is 16.9. The Hall–Kier alpha value is -3.37. The molecule has 4 rings (SSSR count). The number of rotatable bonds is 3. The van der Waals surface area contributed by atoms with Crippen LogP contribution in [-0.4, -0.2) is 16.5 Å². The first-order valence-electron chi connectivity index (χ1n) is 11.5. The highest BCUT2D eigenvalue weighted by Crippen LogP contribution is 2.17. The van der Waals surface area contributed by atoms with Crippen LogP contribution >= 0.6 is 12.1 Å². The van der Waals surface area contributed by atoms with Crippen LogP contribution < -0.4 is 0 Å². The number of aromatic nitrogens is 1. The van der Waals surface area contributed by atoms with Crippen LogP contribution in [-0.2, 0) is 7.05 Å². The molecule has 0 N–H and O–H groups in total. The minimum absolute atomic E-state index is 0.250. The predicted octanol–water partition coefficient (Wildman–Crippen LogP) is 9.34. The third-order valence-electron chi connectivity index (χ3n) is 4.91. The summed E-state index contributed by atoms with van der Waals surface area (Å²) in [6, 6.07) is 34.5. The van der Waals surface area contributed by atoms with E-state index in [2.05, 4.69) is 62.9 Å². The molecule has 0 aliphatic carbocycles. The summed E-state index contributed by atoms with van der Waals surface area (Å²) in [5.41, 5.74) is 7.01. The fourth-order valence-corrected chi connectivity index (χ4v) is 3.01. The monoisotopic (exact) mass is 488 g/mol. The molecule has 0 fully saturated rings. The van der Waals surface area contributed by atoms with Crippen LogP contribution in [0.1, 0.15) is 30.7 Å². The Bertz CT molecular complexity index is 1070. The van der Waals surface area contributed by atoms with Crippen molar-refractivity contribution >= 4 is 23.5 Å². The van der Waals surface area contributed by atoms with Crippen LogP contribution in [0, 0.1) is 13.8 Å². The van der Waals surface area contributed by atoms with E-state index in [0.717, 1.165) is 17.0 Å². The number of benzene rings is 3. The van der Waals surface area contributed by atoms with Gasteiger partial charge in [0, 0.05) is 42.9 Å². The van der Waals surface area contributed by atoms with Gasteiger partial charge in [0.2, 0.25) is 0 Å². The van der Waals surface area contributed by atoms with Crippen LogP contribution in [0.25, 0.3) is 0 Å². The lowest BCUT2D eigenvalue weighted by atomic mass is 10.0. The number of hydrogen-bond acceptors (Lipinski definition) is 2. The number of allylic oxidation sites excluding steroid dienone is 2. The van der Waals surface area contributed by atoms with Gasteiger partial charge in [0.05, 0.1) is 11.4 Å². The molecule has 0 spiro atoms. The molecule has 0 saturated heterocycles. The van der Waals surface area contributed by atoms with E-state index in [4.69, 9.17) is 4.99 Å². The molecule has 0 radical (unpaired) electrons. The van der Waals surface area contributed by atoms with Crippen LogP contribution in [0.15, 0.2) is 126 Å². The van der Waals surface area contributed by atoms with Crippen LogP contribution in [0.5, 0.6) is 0 Å². The topological polar surface area (TPSA) is 17.3 Å². The summed E-state index contributed by atoms with van der Waals surface area (Å²) in [5, 5.41) is 0. The van der Waals surface area contributed by atoms with Crippen molar-refractivity contribution in [2.24, 2.45) is 12.0 Å². The number of para-hydroxylation sites is 1. The zero-order chi connectivity index (χ0) is 25.9. The van der Waals surface area contributed by atoms with Gasteiger partial charge in [-0.2, -0.15) is 3.89 Å². The zero-order valence-electron chi connectivity index (χ0n) is 21.7. The summed E-state index contributed by atoms with van der Waals surface area (Å²) in [7, 11) is 2.06. The Morgan fingerprint density at radius 1 is 0.829 bits per heavy atom. The molecule has 184 valence electrons. The van der Waals surface area contributed by atoms with Gasteiger partial charge in [-0.25, -0.2) is 4.99 Å². The summed E-state index contributed by atoms with van der Waals surface area (Å²) < 4.78 is 12.3. The smallest absolute Gasteiger partial charge is 0.0735 e. The standard InChI is InChI=1S/C17H17N.C7H11N.C6H6.CH3FS/c1-3-14(2)17(15-10-6-4-7-11-15)18-16-12-8-5-9-13-16;1-6-4-7(2)8(3)5-6;1-2-4-6-5-3-1;1-3-2/h3-13H,1-2H3;4-5H,1-3H3;1-6H;1H3/b14-3-,18-17?;;;. The first-order valence-corrected chi connectivity index (χ1v) is 12.6. The minimum atomic E-state index is 0.250. The van der Waals surface area contributed by atoms with Crippen molar-refractivity contribution in [3.8, 4) is 0 Å². The van der Waals surface area contributed by atoms with Gasteiger partial charge in [-0.15, -0.1) is 0 Å². The second-order valence-corrected chi connectivity index (χ2v) is 8.02. The fourth-order valence-electron chi connectivity index (χ4n) is 3.01. The fraction of sp³-hybridized carbons (Fsp3) is 0.194. The highest BCUT2D eigenvalue weighted by Gasteiger charge is 2.04. The lowest BCUT2D eigenvalue weighted by Gasteiger charge is -2.07. The Labute approximate surface area is 215 Å². The molecule has 0 aliphatic heterocycles. The Balaban J connectivity index is 0.000000295. The summed E-state index contributed by atoms with van der Waals surface area (Å²) in [6.45, 7) is 8.34. The lowest BCUT2D eigenvalue weighted by molar-refractivity contribution is 0.880. The van der Waals surface area contributed by atoms with Crippen LogP contribution in [0.4, 0.5) is 9.57 Å². The van der Waals surface area contributed by atoms with E-state index in [0.29, 0.717) is 0 Å². The molecular formula is C31H37FN2S. The first kappa shape index (κ1) is 29.7. The van der Waals surface area contributed by atoms with Gasteiger partial charge in [-0.3, -0.25) is 0 Å². The molecule has 1 aromatic heterocycles. The van der Waals surface area contributed by atoms with Crippen molar-refractivity contribution < 1.29 is 3.89 Å². The highest BCUT2D eigenvalue weighted by atomic mass is 32.2. The SMILES string of the molecule is C/C=C(/C)C(=Nc1ccccc1)c1ccccc1.CSF.Cc1cc(C)n(C)c1.c1ccccc1. The van der Waals surface area contributed by atoms with Crippen molar-refractivity contribution in [1.82, 2.24) is 4.57 Å². The summed E-state index contributed by atoms with van der Waals surface area (Å²) in [5.74, 6) is 0. The van der Waals surface area contributed by atoms with Gasteiger partial charge >= 0.3 is 0 Å². The number of hydrogen-bond donors (Lipinski definition) is 0.